The number of thiophene rings is 1. The van der Waals surface area contributed by atoms with Gasteiger partial charge in [0, 0.05) is 17.5 Å². The number of nitrogens with one attached hydrogen (secondary N) is 2. The maximum atomic E-state index is 12.0. The van der Waals surface area contributed by atoms with Gasteiger partial charge in [0.1, 0.15) is 0 Å². The molecule has 0 radical (unpaired) electrons. The van der Waals surface area contributed by atoms with E-state index < -0.39 is 10.0 Å². The van der Waals surface area contributed by atoms with E-state index in [1.54, 1.807) is 11.3 Å². The lowest BCUT2D eigenvalue weighted by molar-refractivity contribution is 0.327. The van der Waals surface area contributed by atoms with Crippen LogP contribution in [-0.4, -0.2) is 33.3 Å². The summed E-state index contributed by atoms with van der Waals surface area (Å²) in [5.41, 5.74) is 0. The van der Waals surface area contributed by atoms with Gasteiger partial charge in [-0.3, -0.25) is 0 Å². The molecule has 1 aromatic heterocycles. The lowest BCUT2D eigenvalue weighted by Crippen LogP contribution is -2.50. The van der Waals surface area contributed by atoms with Crippen LogP contribution in [0.15, 0.2) is 17.5 Å². The summed E-state index contributed by atoms with van der Waals surface area (Å²) >= 11 is 1.61. The standard InChI is InChI=1S/C12H20N2O2S2.ClH/c1-10-4-6-13-9-12(10)14-18(15,16)8-5-11-3-2-7-17-11;/h2-3,7,10,12-14H,4-6,8-9H2,1H3;1H. The van der Waals surface area contributed by atoms with Crippen molar-refractivity contribution >= 4 is 33.8 Å². The molecule has 2 atom stereocenters. The fourth-order valence-electron chi connectivity index (χ4n) is 2.13. The van der Waals surface area contributed by atoms with Crippen molar-refractivity contribution in [3.63, 3.8) is 0 Å². The molecule has 1 aliphatic rings. The Bertz CT molecular complexity index is 462. The van der Waals surface area contributed by atoms with E-state index in [9.17, 15) is 8.42 Å². The Hall–Kier alpha value is -0.140. The molecule has 2 heterocycles. The van der Waals surface area contributed by atoms with Crippen LogP contribution >= 0.6 is 23.7 Å². The van der Waals surface area contributed by atoms with E-state index in [2.05, 4.69) is 17.0 Å². The molecule has 2 rings (SSSR count). The Morgan fingerprint density at radius 3 is 2.95 bits per heavy atom. The van der Waals surface area contributed by atoms with Crippen molar-refractivity contribution in [3.05, 3.63) is 22.4 Å². The maximum absolute atomic E-state index is 12.0. The molecule has 2 N–H and O–H groups in total. The summed E-state index contributed by atoms with van der Waals surface area (Å²) in [6.07, 6.45) is 1.62. The molecule has 7 heteroatoms. The molecule has 1 aromatic rings. The van der Waals surface area contributed by atoms with E-state index in [0.29, 0.717) is 12.3 Å². The van der Waals surface area contributed by atoms with Crippen LogP contribution in [0.2, 0.25) is 0 Å². The molecule has 0 aliphatic carbocycles. The second kappa shape index (κ2) is 7.59. The molecule has 0 aromatic carbocycles. The van der Waals surface area contributed by atoms with Crippen molar-refractivity contribution in [2.75, 3.05) is 18.8 Å². The van der Waals surface area contributed by atoms with Crippen LogP contribution in [0.1, 0.15) is 18.2 Å². The van der Waals surface area contributed by atoms with Crippen LogP contribution in [0.4, 0.5) is 0 Å². The summed E-state index contributed by atoms with van der Waals surface area (Å²) < 4.78 is 26.8. The first kappa shape index (κ1) is 16.9. The molecule has 110 valence electrons. The van der Waals surface area contributed by atoms with Gasteiger partial charge in [-0.2, -0.15) is 0 Å². The minimum absolute atomic E-state index is 0. The third kappa shape index (κ3) is 5.39. The summed E-state index contributed by atoms with van der Waals surface area (Å²) in [4.78, 5) is 1.12. The van der Waals surface area contributed by atoms with E-state index >= 15 is 0 Å². The van der Waals surface area contributed by atoms with E-state index in [1.807, 2.05) is 17.5 Å². The molecule has 4 nitrogen and oxygen atoms in total. The Balaban J connectivity index is 0.00000180. The highest BCUT2D eigenvalue weighted by Gasteiger charge is 2.25. The van der Waals surface area contributed by atoms with Gasteiger partial charge in [-0.25, -0.2) is 13.1 Å². The van der Waals surface area contributed by atoms with Crippen molar-refractivity contribution in [2.45, 2.75) is 25.8 Å². The predicted octanol–water partition coefficient (Wildman–Crippen LogP) is 1.63. The Morgan fingerprint density at radius 1 is 1.53 bits per heavy atom. The quantitative estimate of drug-likeness (QED) is 0.865. The fourth-order valence-corrected chi connectivity index (χ4v) is 4.35. The average Bonchev–Trinajstić information content (AvgIpc) is 2.83. The van der Waals surface area contributed by atoms with Crippen LogP contribution in [0.25, 0.3) is 0 Å². The number of halogens is 1. The van der Waals surface area contributed by atoms with Gasteiger partial charge >= 0.3 is 0 Å². The summed E-state index contributed by atoms with van der Waals surface area (Å²) in [5.74, 6) is 0.583. The number of piperidine rings is 1. The molecule has 0 spiro atoms. The summed E-state index contributed by atoms with van der Waals surface area (Å²) in [7, 11) is -3.17. The third-order valence-electron chi connectivity index (χ3n) is 3.36. The molecule has 2 unspecified atom stereocenters. The zero-order valence-corrected chi connectivity index (χ0v) is 13.4. The monoisotopic (exact) mass is 324 g/mol. The third-order valence-corrected chi connectivity index (χ3v) is 5.70. The van der Waals surface area contributed by atoms with Gasteiger partial charge in [0.2, 0.25) is 10.0 Å². The number of hydrogen-bond acceptors (Lipinski definition) is 4. The number of rotatable bonds is 5. The first-order chi connectivity index (χ1) is 8.57. The zero-order chi connectivity index (χ0) is 13.0. The van der Waals surface area contributed by atoms with E-state index in [1.165, 1.54) is 0 Å². The highest BCUT2D eigenvalue weighted by Crippen LogP contribution is 2.13. The molecule has 0 bridgehead atoms. The summed E-state index contributed by atoms with van der Waals surface area (Å²) in [6.45, 7) is 3.82. The van der Waals surface area contributed by atoms with Crippen LogP contribution in [0, 0.1) is 5.92 Å². The molecule has 19 heavy (non-hydrogen) atoms. The van der Waals surface area contributed by atoms with Crippen molar-refractivity contribution < 1.29 is 8.42 Å². The van der Waals surface area contributed by atoms with Gasteiger partial charge in [-0.05, 0) is 36.8 Å². The number of sulfonamides is 1. The fraction of sp³-hybridized carbons (Fsp3) is 0.667. The van der Waals surface area contributed by atoms with Gasteiger partial charge in [-0.1, -0.05) is 13.0 Å². The largest absolute Gasteiger partial charge is 0.315 e. The van der Waals surface area contributed by atoms with E-state index in [-0.39, 0.29) is 24.2 Å². The van der Waals surface area contributed by atoms with Crippen molar-refractivity contribution in [1.29, 1.82) is 0 Å². The molecular weight excluding hydrogens is 304 g/mol. The van der Waals surface area contributed by atoms with Gasteiger partial charge in [-0.15, -0.1) is 23.7 Å². The topological polar surface area (TPSA) is 58.2 Å². The highest BCUT2D eigenvalue weighted by atomic mass is 35.5. The second-order valence-electron chi connectivity index (χ2n) is 4.84. The van der Waals surface area contributed by atoms with Gasteiger partial charge in [0.05, 0.1) is 5.75 Å². The zero-order valence-electron chi connectivity index (χ0n) is 11.0. The van der Waals surface area contributed by atoms with Crippen molar-refractivity contribution in [1.82, 2.24) is 10.0 Å². The Kier molecular flexibility index (Phi) is 6.76. The summed E-state index contributed by atoms with van der Waals surface area (Å²) in [6, 6.07) is 3.96. The molecule has 1 saturated heterocycles. The van der Waals surface area contributed by atoms with Gasteiger partial charge in [0.25, 0.3) is 0 Å². The summed E-state index contributed by atoms with van der Waals surface area (Å²) in [5, 5.41) is 5.21. The first-order valence-corrected chi connectivity index (χ1v) is 8.83. The Labute approximate surface area is 125 Å². The lowest BCUT2D eigenvalue weighted by atomic mass is 9.96. The van der Waals surface area contributed by atoms with Crippen LogP contribution < -0.4 is 10.0 Å². The highest BCUT2D eigenvalue weighted by molar-refractivity contribution is 7.89. The number of aryl methyl sites for hydroxylation is 1. The molecule has 0 saturated carbocycles. The van der Waals surface area contributed by atoms with Crippen molar-refractivity contribution in [2.24, 2.45) is 5.92 Å². The molecule has 1 fully saturated rings. The van der Waals surface area contributed by atoms with Gasteiger partial charge < -0.3 is 5.32 Å². The lowest BCUT2D eigenvalue weighted by Gasteiger charge is -2.29. The second-order valence-corrected chi connectivity index (χ2v) is 7.75. The SMILES string of the molecule is CC1CCNCC1NS(=O)(=O)CCc1cccs1.Cl. The van der Waals surface area contributed by atoms with Gasteiger partial charge in [0.15, 0.2) is 0 Å². The maximum Gasteiger partial charge on any atom is 0.212 e. The van der Waals surface area contributed by atoms with Crippen LogP contribution in [0.5, 0.6) is 0 Å². The minimum atomic E-state index is -3.17. The molecule has 1 aliphatic heterocycles. The van der Waals surface area contributed by atoms with E-state index in [0.717, 1.165) is 24.4 Å². The average molecular weight is 325 g/mol. The van der Waals surface area contributed by atoms with Crippen LogP contribution in [0.3, 0.4) is 0 Å². The predicted molar refractivity (Wildman–Crippen MR) is 82.6 cm³/mol. The Morgan fingerprint density at radius 2 is 2.32 bits per heavy atom. The first-order valence-electron chi connectivity index (χ1n) is 6.30. The number of hydrogen-bond donors (Lipinski definition) is 2. The molecular formula is C12H21ClN2O2S2. The van der Waals surface area contributed by atoms with Crippen molar-refractivity contribution in [3.8, 4) is 0 Å². The minimum Gasteiger partial charge on any atom is -0.315 e. The normalized spacial score (nSPS) is 23.8. The smallest absolute Gasteiger partial charge is 0.212 e. The van der Waals surface area contributed by atoms with E-state index in [4.69, 9.17) is 0 Å². The van der Waals surface area contributed by atoms with Crippen LogP contribution in [-0.2, 0) is 16.4 Å². The molecule has 0 amide bonds.